The monoisotopic (exact) mass is 204 g/mol. The summed E-state index contributed by atoms with van der Waals surface area (Å²) in [7, 11) is 0. The van der Waals surface area contributed by atoms with Crippen molar-refractivity contribution < 1.29 is 0 Å². The van der Waals surface area contributed by atoms with Crippen molar-refractivity contribution in [1.29, 1.82) is 0 Å². The van der Waals surface area contributed by atoms with Crippen LogP contribution < -0.4 is 0 Å². The molecule has 0 aromatic carbocycles. The Morgan fingerprint density at radius 1 is 1.47 bits per heavy atom. The van der Waals surface area contributed by atoms with Gasteiger partial charge < -0.3 is 0 Å². The lowest BCUT2D eigenvalue weighted by Crippen LogP contribution is -2.26. The van der Waals surface area contributed by atoms with E-state index in [-0.39, 0.29) is 0 Å². The van der Waals surface area contributed by atoms with Gasteiger partial charge in [0.2, 0.25) is 0 Å². The number of hydrogen-bond acceptors (Lipinski definition) is 0. The average Bonchev–Trinajstić information content (AvgIpc) is 2.70. The van der Waals surface area contributed by atoms with Gasteiger partial charge in [0, 0.05) is 0 Å². The molecule has 0 spiro atoms. The molecule has 84 valence electrons. The SMILES string of the molecule is C=C(C)CCC[C@]1(C)C(=C)[C@@H]2CC[C@H]1C2. The molecule has 2 aliphatic rings. The summed E-state index contributed by atoms with van der Waals surface area (Å²) >= 11 is 0. The molecule has 3 atom stereocenters. The van der Waals surface area contributed by atoms with E-state index >= 15 is 0 Å². The van der Waals surface area contributed by atoms with Crippen LogP contribution in [0.3, 0.4) is 0 Å². The molecule has 0 amide bonds. The second kappa shape index (κ2) is 3.81. The summed E-state index contributed by atoms with van der Waals surface area (Å²) in [4.78, 5) is 0. The Kier molecular flexibility index (Phi) is 2.79. The lowest BCUT2D eigenvalue weighted by molar-refractivity contribution is 0.234. The van der Waals surface area contributed by atoms with Crippen LogP contribution in [-0.4, -0.2) is 0 Å². The van der Waals surface area contributed by atoms with E-state index in [1.54, 1.807) is 5.57 Å². The summed E-state index contributed by atoms with van der Waals surface area (Å²) in [6, 6.07) is 0. The van der Waals surface area contributed by atoms with Gasteiger partial charge in [0.05, 0.1) is 0 Å². The van der Waals surface area contributed by atoms with Crippen molar-refractivity contribution in [2.45, 2.75) is 52.4 Å². The first kappa shape index (κ1) is 11.0. The van der Waals surface area contributed by atoms with Crippen LogP contribution in [0.4, 0.5) is 0 Å². The smallest absolute Gasteiger partial charge is 0.00877 e. The molecular weight excluding hydrogens is 180 g/mol. The van der Waals surface area contributed by atoms with Crippen LogP contribution in [0, 0.1) is 17.3 Å². The van der Waals surface area contributed by atoms with Crippen molar-refractivity contribution in [2.24, 2.45) is 17.3 Å². The topological polar surface area (TPSA) is 0 Å². The highest BCUT2D eigenvalue weighted by atomic mass is 14.5. The minimum atomic E-state index is 0.471. The maximum absolute atomic E-state index is 4.37. The van der Waals surface area contributed by atoms with Crippen LogP contribution in [0.15, 0.2) is 24.3 Å². The quantitative estimate of drug-likeness (QED) is 0.581. The Bertz CT molecular complexity index is 286. The third-order valence-electron chi connectivity index (χ3n) is 4.86. The number of allylic oxidation sites excluding steroid dienone is 2. The maximum Gasteiger partial charge on any atom is -0.00877 e. The Morgan fingerprint density at radius 3 is 2.73 bits per heavy atom. The minimum absolute atomic E-state index is 0.471. The van der Waals surface area contributed by atoms with Crippen LogP contribution in [0.25, 0.3) is 0 Å². The summed E-state index contributed by atoms with van der Waals surface area (Å²) in [6.07, 6.45) is 8.13. The summed E-state index contributed by atoms with van der Waals surface area (Å²) in [5, 5.41) is 0. The van der Waals surface area contributed by atoms with E-state index < -0.39 is 0 Å². The zero-order valence-corrected chi connectivity index (χ0v) is 10.3. The van der Waals surface area contributed by atoms with E-state index in [0.29, 0.717) is 5.41 Å². The van der Waals surface area contributed by atoms with Gasteiger partial charge in [-0.3, -0.25) is 0 Å². The lowest BCUT2D eigenvalue weighted by atomic mass is 9.69. The van der Waals surface area contributed by atoms with Crippen molar-refractivity contribution in [3.63, 3.8) is 0 Å². The molecule has 0 unspecified atom stereocenters. The Morgan fingerprint density at radius 2 is 2.20 bits per heavy atom. The first-order valence-electron chi connectivity index (χ1n) is 6.37. The zero-order chi connectivity index (χ0) is 11.1. The van der Waals surface area contributed by atoms with Gasteiger partial charge in [0.25, 0.3) is 0 Å². The molecule has 0 nitrogen and oxygen atoms in total. The van der Waals surface area contributed by atoms with E-state index in [0.717, 1.165) is 11.8 Å². The third kappa shape index (κ3) is 1.79. The first-order chi connectivity index (χ1) is 7.04. The Labute approximate surface area is 94.5 Å². The largest absolute Gasteiger partial charge is 0.100 e. The van der Waals surface area contributed by atoms with E-state index in [9.17, 15) is 0 Å². The van der Waals surface area contributed by atoms with Gasteiger partial charge in [-0.25, -0.2) is 0 Å². The Balaban J connectivity index is 1.95. The van der Waals surface area contributed by atoms with Gasteiger partial charge in [0.1, 0.15) is 0 Å². The average molecular weight is 204 g/mol. The molecule has 0 radical (unpaired) electrons. The fourth-order valence-electron chi connectivity index (χ4n) is 3.73. The fraction of sp³-hybridized carbons (Fsp3) is 0.733. The highest BCUT2D eigenvalue weighted by molar-refractivity contribution is 5.24. The van der Waals surface area contributed by atoms with Crippen molar-refractivity contribution >= 4 is 0 Å². The molecule has 0 heteroatoms. The molecule has 2 bridgehead atoms. The predicted octanol–water partition coefficient (Wildman–Crippen LogP) is 4.73. The van der Waals surface area contributed by atoms with Crippen molar-refractivity contribution in [3.05, 3.63) is 24.3 Å². The fourth-order valence-corrected chi connectivity index (χ4v) is 3.73. The second-order valence-corrected chi connectivity index (χ2v) is 5.96. The summed E-state index contributed by atoms with van der Waals surface area (Å²) < 4.78 is 0. The van der Waals surface area contributed by atoms with Crippen molar-refractivity contribution in [3.8, 4) is 0 Å². The van der Waals surface area contributed by atoms with Crippen molar-refractivity contribution in [2.75, 3.05) is 0 Å². The molecule has 0 heterocycles. The normalized spacial score (nSPS) is 38.7. The van der Waals surface area contributed by atoms with Gasteiger partial charge >= 0.3 is 0 Å². The number of hydrogen-bond donors (Lipinski definition) is 0. The van der Waals surface area contributed by atoms with Gasteiger partial charge in [-0.15, -0.1) is 6.58 Å². The van der Waals surface area contributed by atoms with Crippen LogP contribution in [0.5, 0.6) is 0 Å². The van der Waals surface area contributed by atoms with Gasteiger partial charge in [-0.2, -0.15) is 0 Å². The zero-order valence-electron chi connectivity index (χ0n) is 10.3. The minimum Gasteiger partial charge on any atom is -0.100 e. The van der Waals surface area contributed by atoms with Crippen LogP contribution in [-0.2, 0) is 0 Å². The second-order valence-electron chi connectivity index (χ2n) is 5.96. The van der Waals surface area contributed by atoms with Crippen molar-refractivity contribution in [1.82, 2.24) is 0 Å². The van der Waals surface area contributed by atoms with E-state index in [1.165, 1.54) is 44.1 Å². The first-order valence-corrected chi connectivity index (χ1v) is 6.37. The maximum atomic E-state index is 4.37. The van der Waals surface area contributed by atoms with Gasteiger partial charge in [-0.1, -0.05) is 24.6 Å². The number of rotatable bonds is 4. The van der Waals surface area contributed by atoms with Gasteiger partial charge in [0.15, 0.2) is 0 Å². The van der Waals surface area contributed by atoms with Crippen LogP contribution in [0.1, 0.15) is 52.4 Å². The molecule has 2 saturated carbocycles. The molecule has 0 aromatic heterocycles. The van der Waals surface area contributed by atoms with Crippen LogP contribution >= 0.6 is 0 Å². The summed E-state index contributed by atoms with van der Waals surface area (Å²) in [6.45, 7) is 12.9. The third-order valence-corrected chi connectivity index (χ3v) is 4.86. The van der Waals surface area contributed by atoms with Crippen LogP contribution in [0.2, 0.25) is 0 Å². The van der Waals surface area contributed by atoms with E-state index in [4.69, 9.17) is 0 Å². The molecule has 0 saturated heterocycles. The molecular formula is C15H24. The number of fused-ring (bicyclic) bond motifs is 2. The molecule has 2 fully saturated rings. The summed E-state index contributed by atoms with van der Waals surface area (Å²) in [5.41, 5.74) is 3.37. The molecule has 0 N–H and O–H groups in total. The van der Waals surface area contributed by atoms with E-state index in [1.807, 2.05) is 0 Å². The van der Waals surface area contributed by atoms with E-state index in [2.05, 4.69) is 27.0 Å². The molecule has 0 aromatic rings. The standard InChI is InChI=1S/C15H24/c1-11(2)6-5-9-15(4)12(3)13-7-8-14(15)10-13/h13-14H,1,3,5-10H2,2,4H3/t13-,14+,15-/m1/s1. The molecule has 2 rings (SSSR count). The molecule has 15 heavy (non-hydrogen) atoms. The molecule has 2 aliphatic carbocycles. The van der Waals surface area contributed by atoms with Gasteiger partial charge in [-0.05, 0) is 62.7 Å². The highest BCUT2D eigenvalue weighted by Gasteiger charge is 2.49. The molecule has 0 aliphatic heterocycles. The lowest BCUT2D eigenvalue weighted by Gasteiger charge is -2.36. The Hall–Kier alpha value is -0.520. The predicted molar refractivity (Wildman–Crippen MR) is 66.7 cm³/mol. The highest BCUT2D eigenvalue weighted by Crippen LogP contribution is 2.60. The summed E-state index contributed by atoms with van der Waals surface area (Å²) in [5.74, 6) is 1.81.